The van der Waals surface area contributed by atoms with Crippen molar-refractivity contribution in [1.82, 2.24) is 9.80 Å². The maximum atomic E-state index is 12.8. The van der Waals surface area contributed by atoms with Crippen molar-refractivity contribution in [2.75, 3.05) is 19.6 Å². The van der Waals surface area contributed by atoms with Gasteiger partial charge in [-0.1, -0.05) is 72.8 Å². The van der Waals surface area contributed by atoms with E-state index in [1.54, 1.807) is 12.1 Å². The average Bonchev–Trinajstić information content (AvgIpc) is 3.11. The van der Waals surface area contributed by atoms with E-state index >= 15 is 0 Å². The van der Waals surface area contributed by atoms with Crippen LogP contribution in [0.1, 0.15) is 57.0 Å². The number of imide groups is 1. The van der Waals surface area contributed by atoms with Crippen molar-refractivity contribution >= 4 is 24.2 Å². The number of carbonyl (C=O) groups is 2. The SMILES string of the molecule is Cl.O=C1c2ccccc2C(=O)N1C1CCN(CCC(c2ccccc2)c2ccccc2)CC1. The number of rotatable bonds is 6. The van der Waals surface area contributed by atoms with Crippen LogP contribution < -0.4 is 0 Å². The summed E-state index contributed by atoms with van der Waals surface area (Å²) in [6.45, 7) is 2.83. The largest absolute Gasteiger partial charge is 0.303 e. The fourth-order valence-corrected chi connectivity index (χ4v) is 5.15. The molecule has 5 rings (SSSR count). The minimum Gasteiger partial charge on any atom is -0.303 e. The molecule has 0 unspecified atom stereocenters. The van der Waals surface area contributed by atoms with Gasteiger partial charge in [-0.15, -0.1) is 12.4 Å². The van der Waals surface area contributed by atoms with Gasteiger partial charge >= 0.3 is 0 Å². The molecule has 1 fully saturated rings. The van der Waals surface area contributed by atoms with E-state index in [9.17, 15) is 9.59 Å². The molecule has 0 spiro atoms. The maximum absolute atomic E-state index is 12.8. The van der Waals surface area contributed by atoms with E-state index in [1.807, 2.05) is 12.1 Å². The quantitative estimate of drug-likeness (QED) is 0.463. The Morgan fingerprint density at radius 2 is 1.15 bits per heavy atom. The second-order valence-electron chi connectivity index (χ2n) is 8.76. The van der Waals surface area contributed by atoms with Crippen LogP contribution in [0.5, 0.6) is 0 Å². The van der Waals surface area contributed by atoms with Gasteiger partial charge in [0.05, 0.1) is 11.1 Å². The first-order valence-corrected chi connectivity index (χ1v) is 11.5. The van der Waals surface area contributed by atoms with Gasteiger partial charge in [-0.05, 0) is 49.1 Å². The Kier molecular flexibility index (Phi) is 7.26. The van der Waals surface area contributed by atoms with Crippen LogP contribution in [0, 0.1) is 0 Å². The lowest BCUT2D eigenvalue weighted by atomic mass is 9.88. The number of carbonyl (C=O) groups excluding carboxylic acids is 2. The maximum Gasteiger partial charge on any atom is 0.261 e. The standard InChI is InChI=1S/C28H28N2O2.ClH/c31-27-25-13-7-8-14-26(25)28(32)30(27)23-15-18-29(19-16-23)20-17-24(21-9-3-1-4-10-21)22-11-5-2-6-12-22;/h1-14,23-24H,15-20H2;1H. The molecule has 0 bridgehead atoms. The molecule has 3 aromatic rings. The smallest absolute Gasteiger partial charge is 0.261 e. The van der Waals surface area contributed by atoms with Crippen LogP contribution in [0.15, 0.2) is 84.9 Å². The van der Waals surface area contributed by atoms with E-state index in [0.29, 0.717) is 17.0 Å². The van der Waals surface area contributed by atoms with Gasteiger partial charge in [-0.3, -0.25) is 14.5 Å². The number of hydrogen-bond donors (Lipinski definition) is 0. The van der Waals surface area contributed by atoms with Gasteiger partial charge in [0.25, 0.3) is 11.8 Å². The lowest BCUT2D eigenvalue weighted by Gasteiger charge is -2.36. The fourth-order valence-electron chi connectivity index (χ4n) is 5.15. The Labute approximate surface area is 201 Å². The normalized spacial score (nSPS) is 16.7. The van der Waals surface area contributed by atoms with E-state index in [4.69, 9.17) is 0 Å². The van der Waals surface area contributed by atoms with Crippen molar-refractivity contribution in [3.8, 4) is 0 Å². The Hall–Kier alpha value is -2.95. The third-order valence-electron chi connectivity index (χ3n) is 6.89. The highest BCUT2D eigenvalue weighted by Crippen LogP contribution is 2.31. The second-order valence-corrected chi connectivity index (χ2v) is 8.76. The van der Waals surface area contributed by atoms with E-state index in [0.717, 1.165) is 38.9 Å². The molecule has 4 nitrogen and oxygen atoms in total. The van der Waals surface area contributed by atoms with Crippen LogP contribution in [0.4, 0.5) is 0 Å². The summed E-state index contributed by atoms with van der Waals surface area (Å²) in [5, 5.41) is 0. The molecule has 170 valence electrons. The first-order valence-electron chi connectivity index (χ1n) is 11.5. The Morgan fingerprint density at radius 1 is 0.697 bits per heavy atom. The highest BCUT2D eigenvalue weighted by Gasteiger charge is 2.40. The zero-order valence-electron chi connectivity index (χ0n) is 18.6. The molecule has 5 heteroatoms. The van der Waals surface area contributed by atoms with Gasteiger partial charge in [-0.2, -0.15) is 0 Å². The van der Waals surface area contributed by atoms with Crippen molar-refractivity contribution in [3.05, 3.63) is 107 Å². The summed E-state index contributed by atoms with van der Waals surface area (Å²) in [6.07, 6.45) is 2.73. The molecular formula is C28H29ClN2O2. The fraction of sp³-hybridized carbons (Fsp3) is 0.286. The van der Waals surface area contributed by atoms with Gasteiger partial charge in [-0.25, -0.2) is 0 Å². The number of hydrogen-bond acceptors (Lipinski definition) is 3. The van der Waals surface area contributed by atoms with Crippen LogP contribution >= 0.6 is 12.4 Å². The molecule has 0 atom stereocenters. The molecular weight excluding hydrogens is 432 g/mol. The van der Waals surface area contributed by atoms with E-state index in [-0.39, 0.29) is 30.3 Å². The van der Waals surface area contributed by atoms with Crippen LogP contribution in [-0.4, -0.2) is 47.3 Å². The zero-order chi connectivity index (χ0) is 21.9. The number of halogens is 1. The summed E-state index contributed by atoms with van der Waals surface area (Å²) in [5.74, 6) is 0.112. The van der Waals surface area contributed by atoms with Crippen LogP contribution in [0.3, 0.4) is 0 Å². The Bertz CT molecular complexity index is 1020. The minimum atomic E-state index is -0.128. The van der Waals surface area contributed by atoms with E-state index in [1.165, 1.54) is 16.0 Å². The topological polar surface area (TPSA) is 40.6 Å². The molecule has 0 N–H and O–H groups in total. The third kappa shape index (κ3) is 4.73. The number of piperidine rings is 1. The Balaban J connectivity index is 0.00000259. The Morgan fingerprint density at radius 3 is 1.64 bits per heavy atom. The first-order chi connectivity index (χ1) is 15.7. The second kappa shape index (κ2) is 10.3. The summed E-state index contributed by atoms with van der Waals surface area (Å²) in [6, 6.07) is 28.6. The summed E-state index contributed by atoms with van der Waals surface area (Å²) in [5.41, 5.74) is 3.79. The number of fused-ring (bicyclic) bond motifs is 1. The summed E-state index contributed by atoms with van der Waals surface area (Å²) in [4.78, 5) is 29.6. The molecule has 2 amide bonds. The van der Waals surface area contributed by atoms with Gasteiger partial charge in [0.2, 0.25) is 0 Å². The van der Waals surface area contributed by atoms with Crippen molar-refractivity contribution in [1.29, 1.82) is 0 Å². The lowest BCUT2D eigenvalue weighted by molar-refractivity contribution is 0.0501. The molecule has 0 aliphatic carbocycles. The first kappa shape index (κ1) is 23.2. The van der Waals surface area contributed by atoms with Crippen LogP contribution in [0.2, 0.25) is 0 Å². The molecule has 2 aliphatic rings. The highest BCUT2D eigenvalue weighted by atomic mass is 35.5. The summed E-state index contributed by atoms with van der Waals surface area (Å²) >= 11 is 0. The number of amides is 2. The number of benzene rings is 3. The van der Waals surface area contributed by atoms with Crippen LogP contribution in [0.25, 0.3) is 0 Å². The molecule has 2 aliphatic heterocycles. The number of likely N-dealkylation sites (tertiary alicyclic amines) is 1. The highest BCUT2D eigenvalue weighted by molar-refractivity contribution is 6.21. The molecule has 0 saturated carbocycles. The van der Waals surface area contributed by atoms with Crippen LogP contribution in [-0.2, 0) is 0 Å². The summed E-state index contributed by atoms with van der Waals surface area (Å²) < 4.78 is 0. The third-order valence-corrected chi connectivity index (χ3v) is 6.89. The van der Waals surface area contributed by atoms with E-state index in [2.05, 4.69) is 65.6 Å². The molecule has 33 heavy (non-hydrogen) atoms. The van der Waals surface area contributed by atoms with Gasteiger partial charge in [0, 0.05) is 25.0 Å². The van der Waals surface area contributed by atoms with Crippen molar-refractivity contribution in [3.63, 3.8) is 0 Å². The molecule has 3 aromatic carbocycles. The molecule has 0 aromatic heterocycles. The van der Waals surface area contributed by atoms with Gasteiger partial charge in [0.1, 0.15) is 0 Å². The molecule has 0 radical (unpaired) electrons. The minimum absolute atomic E-state index is 0. The number of nitrogens with zero attached hydrogens (tertiary/aromatic N) is 2. The molecule has 2 heterocycles. The van der Waals surface area contributed by atoms with Gasteiger partial charge in [0.15, 0.2) is 0 Å². The van der Waals surface area contributed by atoms with E-state index < -0.39 is 0 Å². The predicted molar refractivity (Wildman–Crippen MR) is 133 cm³/mol. The average molecular weight is 461 g/mol. The van der Waals surface area contributed by atoms with Crippen molar-refractivity contribution < 1.29 is 9.59 Å². The van der Waals surface area contributed by atoms with Gasteiger partial charge < -0.3 is 4.90 Å². The predicted octanol–water partition coefficient (Wildman–Crippen LogP) is 5.39. The summed E-state index contributed by atoms with van der Waals surface area (Å²) in [7, 11) is 0. The zero-order valence-corrected chi connectivity index (χ0v) is 19.4. The lowest BCUT2D eigenvalue weighted by Crippen LogP contribution is -2.47. The van der Waals surface area contributed by atoms with Crippen molar-refractivity contribution in [2.24, 2.45) is 0 Å². The van der Waals surface area contributed by atoms with Crippen molar-refractivity contribution in [2.45, 2.75) is 31.2 Å². The monoisotopic (exact) mass is 460 g/mol. The molecule has 1 saturated heterocycles.